The molecule has 0 aliphatic carbocycles. The van der Waals surface area contributed by atoms with E-state index in [0.29, 0.717) is 28.5 Å². The number of methoxy groups -OCH3 is 1. The first-order chi connectivity index (χ1) is 12.1. The van der Waals surface area contributed by atoms with E-state index < -0.39 is 0 Å². The number of pyridine rings is 1. The highest BCUT2D eigenvalue weighted by atomic mass is 16.5. The molecule has 2 heterocycles. The van der Waals surface area contributed by atoms with Crippen LogP contribution in [0, 0.1) is 6.92 Å². The van der Waals surface area contributed by atoms with Gasteiger partial charge in [0.15, 0.2) is 17.3 Å². The molecule has 3 aromatic rings. The van der Waals surface area contributed by atoms with Crippen LogP contribution >= 0.6 is 0 Å². The average Bonchev–Trinajstić information content (AvgIpc) is 3.14. The Morgan fingerprint density at radius 3 is 2.76 bits per heavy atom. The van der Waals surface area contributed by atoms with Crippen molar-refractivity contribution >= 4 is 5.91 Å². The highest BCUT2D eigenvalue weighted by Crippen LogP contribution is 2.26. The number of amides is 1. The summed E-state index contributed by atoms with van der Waals surface area (Å²) in [7, 11) is 1.48. The molecular weight excluding hydrogens is 320 g/mol. The Morgan fingerprint density at radius 1 is 1.28 bits per heavy atom. The average molecular weight is 338 g/mol. The first-order valence-corrected chi connectivity index (χ1v) is 7.74. The molecule has 0 saturated carbocycles. The fourth-order valence-electron chi connectivity index (χ4n) is 2.49. The summed E-state index contributed by atoms with van der Waals surface area (Å²) in [6.45, 7) is 2.07. The first-order valence-electron chi connectivity index (χ1n) is 7.74. The summed E-state index contributed by atoms with van der Waals surface area (Å²) in [5.74, 6) is 0.855. The van der Waals surface area contributed by atoms with Gasteiger partial charge in [0.1, 0.15) is 5.69 Å². The molecule has 0 spiro atoms. The summed E-state index contributed by atoms with van der Waals surface area (Å²) in [6.07, 6.45) is 1.58. The van der Waals surface area contributed by atoms with E-state index in [-0.39, 0.29) is 18.2 Å². The number of phenols is 1. The fraction of sp³-hybridized carbons (Fsp3) is 0.158. The van der Waals surface area contributed by atoms with Gasteiger partial charge in [-0.25, -0.2) is 4.98 Å². The fourth-order valence-corrected chi connectivity index (χ4v) is 2.49. The molecule has 25 heavy (non-hydrogen) atoms. The van der Waals surface area contributed by atoms with E-state index >= 15 is 0 Å². The molecule has 0 bridgehead atoms. The van der Waals surface area contributed by atoms with Crippen LogP contribution < -0.4 is 10.1 Å². The van der Waals surface area contributed by atoms with Crippen molar-refractivity contribution in [1.29, 1.82) is 0 Å². The molecular formula is C19H18N2O4. The van der Waals surface area contributed by atoms with Crippen LogP contribution in [0.15, 0.2) is 53.1 Å². The van der Waals surface area contributed by atoms with Gasteiger partial charge < -0.3 is 19.6 Å². The third kappa shape index (κ3) is 3.63. The summed E-state index contributed by atoms with van der Waals surface area (Å²) < 4.78 is 10.3. The Bertz CT molecular complexity index is 888. The SMILES string of the molecule is COc1ccc(CNC(=O)c2ccc(-c3ccco3)nc2C)cc1O. The van der Waals surface area contributed by atoms with Gasteiger partial charge >= 0.3 is 0 Å². The second-order valence-electron chi connectivity index (χ2n) is 5.50. The number of phenolic OH excluding ortho intramolecular Hbond substituents is 1. The molecule has 0 saturated heterocycles. The molecule has 0 radical (unpaired) electrons. The number of nitrogens with zero attached hydrogens (tertiary/aromatic N) is 1. The zero-order valence-corrected chi connectivity index (χ0v) is 13.9. The quantitative estimate of drug-likeness (QED) is 0.746. The second kappa shape index (κ2) is 7.09. The summed E-state index contributed by atoms with van der Waals surface area (Å²) >= 11 is 0. The minimum atomic E-state index is -0.230. The lowest BCUT2D eigenvalue weighted by atomic mass is 10.1. The maximum atomic E-state index is 12.4. The van der Waals surface area contributed by atoms with Gasteiger partial charge in [0.25, 0.3) is 5.91 Å². The first kappa shape index (κ1) is 16.6. The zero-order valence-electron chi connectivity index (χ0n) is 13.9. The number of nitrogens with one attached hydrogen (secondary N) is 1. The Labute approximate surface area is 145 Å². The van der Waals surface area contributed by atoms with E-state index in [4.69, 9.17) is 9.15 Å². The largest absolute Gasteiger partial charge is 0.504 e. The van der Waals surface area contributed by atoms with Crippen LogP contribution in [0.1, 0.15) is 21.6 Å². The number of hydrogen-bond donors (Lipinski definition) is 2. The molecule has 0 aliphatic rings. The number of hydrogen-bond acceptors (Lipinski definition) is 5. The van der Waals surface area contributed by atoms with Crippen LogP contribution in [0.5, 0.6) is 11.5 Å². The Morgan fingerprint density at radius 2 is 2.12 bits per heavy atom. The van der Waals surface area contributed by atoms with Crippen molar-refractivity contribution in [2.45, 2.75) is 13.5 Å². The van der Waals surface area contributed by atoms with Crippen LogP contribution in [0.4, 0.5) is 0 Å². The molecule has 6 heteroatoms. The lowest BCUT2D eigenvalue weighted by Crippen LogP contribution is -2.24. The number of furan rings is 1. The van der Waals surface area contributed by atoms with E-state index in [1.807, 2.05) is 6.07 Å². The normalized spacial score (nSPS) is 10.5. The van der Waals surface area contributed by atoms with Gasteiger partial charge in [0.2, 0.25) is 0 Å². The van der Waals surface area contributed by atoms with E-state index in [9.17, 15) is 9.90 Å². The monoisotopic (exact) mass is 338 g/mol. The maximum Gasteiger partial charge on any atom is 0.253 e. The topological polar surface area (TPSA) is 84.6 Å². The molecule has 1 aromatic carbocycles. The second-order valence-corrected chi connectivity index (χ2v) is 5.50. The smallest absolute Gasteiger partial charge is 0.253 e. The molecule has 0 unspecified atom stereocenters. The Balaban J connectivity index is 1.70. The third-order valence-electron chi connectivity index (χ3n) is 3.80. The van der Waals surface area contributed by atoms with E-state index in [1.54, 1.807) is 49.6 Å². The van der Waals surface area contributed by atoms with Crippen LogP contribution in [-0.2, 0) is 6.54 Å². The molecule has 2 aromatic heterocycles. The third-order valence-corrected chi connectivity index (χ3v) is 3.80. The molecule has 2 N–H and O–H groups in total. The van der Waals surface area contributed by atoms with Crippen LogP contribution in [-0.4, -0.2) is 23.1 Å². The summed E-state index contributed by atoms with van der Waals surface area (Å²) in [5, 5.41) is 12.6. The van der Waals surface area contributed by atoms with Crippen molar-refractivity contribution in [3.05, 3.63) is 65.5 Å². The Hall–Kier alpha value is -3.28. The predicted molar refractivity (Wildman–Crippen MR) is 92.5 cm³/mol. The molecule has 128 valence electrons. The number of rotatable bonds is 5. The lowest BCUT2D eigenvalue weighted by molar-refractivity contribution is 0.0950. The van der Waals surface area contributed by atoms with Gasteiger partial charge in [-0.05, 0) is 48.9 Å². The van der Waals surface area contributed by atoms with Crippen molar-refractivity contribution in [2.75, 3.05) is 7.11 Å². The number of benzene rings is 1. The standard InChI is InChI=1S/C19H18N2O4/c1-12-14(6-7-15(21-12)17-4-3-9-25-17)19(23)20-11-13-5-8-18(24-2)16(22)10-13/h3-10,22H,11H2,1-2H3,(H,20,23). The molecule has 6 nitrogen and oxygen atoms in total. The number of aromatic nitrogens is 1. The van der Waals surface area contributed by atoms with Crippen LogP contribution in [0.25, 0.3) is 11.5 Å². The number of aryl methyl sites for hydroxylation is 1. The van der Waals surface area contributed by atoms with Gasteiger partial charge in [-0.1, -0.05) is 6.07 Å². The number of aromatic hydroxyl groups is 1. The summed E-state index contributed by atoms with van der Waals surface area (Å²) in [6, 6.07) is 12.1. The number of carbonyl (C=O) groups is 1. The summed E-state index contributed by atoms with van der Waals surface area (Å²) in [5.41, 5.74) is 2.56. The number of carbonyl (C=O) groups excluding carboxylic acids is 1. The van der Waals surface area contributed by atoms with E-state index in [2.05, 4.69) is 10.3 Å². The molecule has 3 rings (SSSR count). The highest BCUT2D eigenvalue weighted by molar-refractivity contribution is 5.95. The van der Waals surface area contributed by atoms with Crippen LogP contribution in [0.2, 0.25) is 0 Å². The molecule has 0 atom stereocenters. The van der Waals surface area contributed by atoms with Gasteiger partial charge in [0.05, 0.1) is 24.6 Å². The van der Waals surface area contributed by atoms with Crippen molar-refractivity contribution in [1.82, 2.24) is 10.3 Å². The lowest BCUT2D eigenvalue weighted by Gasteiger charge is -2.10. The van der Waals surface area contributed by atoms with Gasteiger partial charge in [0, 0.05) is 6.54 Å². The van der Waals surface area contributed by atoms with Crippen molar-refractivity contribution in [3.63, 3.8) is 0 Å². The van der Waals surface area contributed by atoms with E-state index in [1.165, 1.54) is 7.11 Å². The van der Waals surface area contributed by atoms with Crippen molar-refractivity contribution < 1.29 is 19.1 Å². The summed E-state index contributed by atoms with van der Waals surface area (Å²) in [4.78, 5) is 16.8. The van der Waals surface area contributed by atoms with Gasteiger partial charge in [-0.15, -0.1) is 0 Å². The Kier molecular flexibility index (Phi) is 4.70. The molecule has 0 fully saturated rings. The molecule has 1 amide bonds. The highest BCUT2D eigenvalue weighted by Gasteiger charge is 2.12. The van der Waals surface area contributed by atoms with Gasteiger partial charge in [-0.3, -0.25) is 4.79 Å². The van der Waals surface area contributed by atoms with Crippen molar-refractivity contribution in [3.8, 4) is 23.0 Å². The number of ether oxygens (including phenoxy) is 1. The minimum absolute atomic E-state index is 0.0369. The zero-order chi connectivity index (χ0) is 17.8. The van der Waals surface area contributed by atoms with Crippen LogP contribution in [0.3, 0.4) is 0 Å². The van der Waals surface area contributed by atoms with Crippen molar-refractivity contribution in [2.24, 2.45) is 0 Å². The van der Waals surface area contributed by atoms with Gasteiger partial charge in [-0.2, -0.15) is 0 Å². The van der Waals surface area contributed by atoms with E-state index in [0.717, 1.165) is 5.56 Å². The molecule has 0 aliphatic heterocycles. The minimum Gasteiger partial charge on any atom is -0.504 e. The predicted octanol–water partition coefficient (Wildman–Crippen LogP) is 3.29. The maximum absolute atomic E-state index is 12.4.